The van der Waals surface area contributed by atoms with Gasteiger partial charge in [0, 0.05) is 25.7 Å². The van der Waals surface area contributed by atoms with Crippen molar-refractivity contribution in [3.8, 4) is 0 Å². The van der Waals surface area contributed by atoms with E-state index in [0.29, 0.717) is 12.6 Å². The highest BCUT2D eigenvalue weighted by atomic mass is 16.3. The molecule has 0 saturated heterocycles. The second kappa shape index (κ2) is 8.06. The van der Waals surface area contributed by atoms with E-state index in [0.717, 1.165) is 31.3 Å². The first-order valence-corrected chi connectivity index (χ1v) is 7.21. The van der Waals surface area contributed by atoms with Crippen molar-refractivity contribution in [2.75, 3.05) is 33.3 Å². The lowest BCUT2D eigenvalue weighted by molar-refractivity contribution is 0.144. The van der Waals surface area contributed by atoms with E-state index in [4.69, 9.17) is 5.11 Å². The first-order valence-electron chi connectivity index (χ1n) is 7.21. The van der Waals surface area contributed by atoms with Crippen LogP contribution in [0.4, 0.5) is 0 Å². The van der Waals surface area contributed by atoms with E-state index in [1.165, 1.54) is 25.8 Å². The van der Waals surface area contributed by atoms with Crippen molar-refractivity contribution in [2.45, 2.75) is 45.6 Å². The van der Waals surface area contributed by atoms with Gasteiger partial charge in [-0.05, 0) is 51.1 Å². The molecule has 1 rings (SSSR count). The van der Waals surface area contributed by atoms with Gasteiger partial charge in [0.1, 0.15) is 0 Å². The van der Waals surface area contributed by atoms with E-state index in [2.05, 4.69) is 31.1 Å². The van der Waals surface area contributed by atoms with E-state index in [-0.39, 0.29) is 0 Å². The fraction of sp³-hybridized carbons (Fsp3) is 1.00. The molecule has 3 atom stereocenters. The molecule has 2 N–H and O–H groups in total. The zero-order chi connectivity index (χ0) is 12.7. The van der Waals surface area contributed by atoms with Crippen LogP contribution >= 0.6 is 0 Å². The largest absolute Gasteiger partial charge is 0.396 e. The Morgan fingerprint density at radius 1 is 1.35 bits per heavy atom. The molecule has 1 aliphatic carbocycles. The molecule has 0 heterocycles. The highest BCUT2D eigenvalue weighted by Gasteiger charge is 2.28. The Kier molecular flexibility index (Phi) is 7.09. The molecule has 17 heavy (non-hydrogen) atoms. The Bertz CT molecular complexity index is 199. The van der Waals surface area contributed by atoms with E-state index >= 15 is 0 Å². The van der Waals surface area contributed by atoms with Gasteiger partial charge in [0.2, 0.25) is 0 Å². The van der Waals surface area contributed by atoms with Gasteiger partial charge in [-0.3, -0.25) is 0 Å². The van der Waals surface area contributed by atoms with Crippen molar-refractivity contribution in [3.63, 3.8) is 0 Å². The summed E-state index contributed by atoms with van der Waals surface area (Å²) in [6, 6.07) is 0.689. The van der Waals surface area contributed by atoms with Crippen LogP contribution < -0.4 is 5.32 Å². The van der Waals surface area contributed by atoms with Crippen LogP contribution in [0.3, 0.4) is 0 Å². The predicted molar refractivity (Wildman–Crippen MR) is 73.2 cm³/mol. The fourth-order valence-corrected chi connectivity index (χ4v) is 3.09. The number of rotatable bonds is 7. The number of aliphatic hydroxyl groups excluding tert-OH is 1. The zero-order valence-corrected chi connectivity index (χ0v) is 11.8. The van der Waals surface area contributed by atoms with Crippen LogP contribution in [0.1, 0.15) is 39.5 Å². The maximum absolute atomic E-state index is 8.92. The highest BCUT2D eigenvalue weighted by molar-refractivity contribution is 4.84. The van der Waals surface area contributed by atoms with Crippen LogP contribution in [0.15, 0.2) is 0 Å². The lowest BCUT2D eigenvalue weighted by Crippen LogP contribution is -2.44. The van der Waals surface area contributed by atoms with Crippen molar-refractivity contribution in [2.24, 2.45) is 11.8 Å². The first-order chi connectivity index (χ1) is 8.21. The van der Waals surface area contributed by atoms with Gasteiger partial charge < -0.3 is 15.3 Å². The summed E-state index contributed by atoms with van der Waals surface area (Å²) < 4.78 is 0. The monoisotopic (exact) mass is 242 g/mol. The number of nitrogens with one attached hydrogen (secondary N) is 1. The predicted octanol–water partition coefficient (Wildman–Crippen LogP) is 1.71. The summed E-state index contributed by atoms with van der Waals surface area (Å²) in [6.07, 6.45) is 4.94. The maximum Gasteiger partial charge on any atom is 0.0443 e. The molecule has 1 saturated carbocycles. The Labute approximate surface area is 107 Å². The molecule has 0 amide bonds. The quantitative estimate of drug-likeness (QED) is 0.713. The minimum atomic E-state index is 0.313. The summed E-state index contributed by atoms with van der Waals surface area (Å²) in [5, 5.41) is 12.4. The number of aliphatic hydroxyl groups is 1. The van der Waals surface area contributed by atoms with Crippen molar-refractivity contribution in [1.29, 1.82) is 0 Å². The Morgan fingerprint density at radius 3 is 2.71 bits per heavy atom. The van der Waals surface area contributed by atoms with E-state index < -0.39 is 0 Å². The zero-order valence-electron chi connectivity index (χ0n) is 11.8. The Morgan fingerprint density at radius 2 is 2.12 bits per heavy atom. The standard InChI is InChI=1S/C14H30N2O/c1-4-16(8-5-9-17)11-13-10-12(2)6-7-14(13)15-3/h12-15,17H,4-11H2,1-3H3. The lowest BCUT2D eigenvalue weighted by Gasteiger charge is -2.37. The molecule has 0 aromatic heterocycles. The molecule has 0 aromatic carbocycles. The van der Waals surface area contributed by atoms with E-state index in [1.807, 2.05) is 0 Å². The van der Waals surface area contributed by atoms with Crippen molar-refractivity contribution >= 4 is 0 Å². The number of hydrogen-bond acceptors (Lipinski definition) is 3. The minimum absolute atomic E-state index is 0.313. The highest BCUT2D eigenvalue weighted by Crippen LogP contribution is 2.29. The normalized spacial score (nSPS) is 29.8. The van der Waals surface area contributed by atoms with Gasteiger partial charge in [-0.1, -0.05) is 13.8 Å². The molecule has 0 radical (unpaired) electrons. The van der Waals surface area contributed by atoms with Gasteiger partial charge in [-0.15, -0.1) is 0 Å². The molecular weight excluding hydrogens is 212 g/mol. The minimum Gasteiger partial charge on any atom is -0.396 e. The molecule has 0 bridgehead atoms. The second-order valence-corrected chi connectivity index (χ2v) is 5.54. The van der Waals surface area contributed by atoms with Crippen molar-refractivity contribution < 1.29 is 5.11 Å². The van der Waals surface area contributed by atoms with Crippen molar-refractivity contribution in [3.05, 3.63) is 0 Å². The van der Waals surface area contributed by atoms with Gasteiger partial charge in [0.15, 0.2) is 0 Å². The smallest absolute Gasteiger partial charge is 0.0443 e. The fourth-order valence-electron chi connectivity index (χ4n) is 3.09. The van der Waals surface area contributed by atoms with Crippen LogP contribution in [-0.4, -0.2) is 49.3 Å². The van der Waals surface area contributed by atoms with Crippen LogP contribution in [0.5, 0.6) is 0 Å². The average Bonchev–Trinajstić information content (AvgIpc) is 2.34. The average molecular weight is 242 g/mol. The summed E-state index contributed by atoms with van der Waals surface area (Å²) >= 11 is 0. The van der Waals surface area contributed by atoms with Gasteiger partial charge in [0.25, 0.3) is 0 Å². The topological polar surface area (TPSA) is 35.5 Å². The second-order valence-electron chi connectivity index (χ2n) is 5.54. The molecule has 3 heteroatoms. The molecule has 0 spiro atoms. The molecule has 102 valence electrons. The summed E-state index contributed by atoms with van der Waals surface area (Å²) in [5.41, 5.74) is 0. The molecule has 0 aromatic rings. The third kappa shape index (κ3) is 4.94. The summed E-state index contributed by atoms with van der Waals surface area (Å²) in [4.78, 5) is 2.49. The Balaban J connectivity index is 2.43. The summed E-state index contributed by atoms with van der Waals surface area (Å²) in [7, 11) is 2.09. The van der Waals surface area contributed by atoms with Gasteiger partial charge in [-0.2, -0.15) is 0 Å². The molecule has 1 fully saturated rings. The SMILES string of the molecule is CCN(CCCO)CC1CC(C)CCC1NC. The van der Waals surface area contributed by atoms with Crippen LogP contribution in [-0.2, 0) is 0 Å². The molecule has 1 aliphatic rings. The lowest BCUT2D eigenvalue weighted by atomic mass is 9.78. The molecule has 0 aliphatic heterocycles. The molecule has 3 nitrogen and oxygen atoms in total. The van der Waals surface area contributed by atoms with Crippen LogP contribution in [0, 0.1) is 11.8 Å². The van der Waals surface area contributed by atoms with Crippen molar-refractivity contribution in [1.82, 2.24) is 10.2 Å². The van der Waals surface area contributed by atoms with Gasteiger partial charge in [-0.25, -0.2) is 0 Å². The molecule has 3 unspecified atom stereocenters. The first kappa shape index (κ1) is 14.9. The summed E-state index contributed by atoms with van der Waals surface area (Å²) in [6.45, 7) is 8.23. The molecular formula is C14H30N2O. The summed E-state index contributed by atoms with van der Waals surface area (Å²) in [5.74, 6) is 1.66. The number of nitrogens with zero attached hydrogens (tertiary/aromatic N) is 1. The maximum atomic E-state index is 8.92. The third-order valence-electron chi connectivity index (χ3n) is 4.19. The van der Waals surface area contributed by atoms with Crippen LogP contribution in [0.2, 0.25) is 0 Å². The third-order valence-corrected chi connectivity index (χ3v) is 4.19. The van der Waals surface area contributed by atoms with Gasteiger partial charge in [0.05, 0.1) is 0 Å². The van der Waals surface area contributed by atoms with Gasteiger partial charge >= 0.3 is 0 Å². The Hall–Kier alpha value is -0.120. The van der Waals surface area contributed by atoms with E-state index in [1.54, 1.807) is 0 Å². The van der Waals surface area contributed by atoms with Crippen LogP contribution in [0.25, 0.3) is 0 Å². The number of hydrogen-bond donors (Lipinski definition) is 2. The van der Waals surface area contributed by atoms with E-state index in [9.17, 15) is 0 Å².